The molecule has 25 heavy (non-hydrogen) atoms. The van der Waals surface area contributed by atoms with E-state index in [1.54, 1.807) is 36.7 Å². The van der Waals surface area contributed by atoms with Gasteiger partial charge >= 0.3 is 0 Å². The van der Waals surface area contributed by atoms with Crippen LogP contribution in [-0.4, -0.2) is 31.8 Å². The number of nitrogens with two attached hydrogens (primary N) is 1. The molecule has 0 unspecified atom stereocenters. The van der Waals surface area contributed by atoms with Crippen LogP contribution >= 0.6 is 35.0 Å². The zero-order valence-corrected chi connectivity index (χ0v) is 16.0. The van der Waals surface area contributed by atoms with Gasteiger partial charge in [-0.1, -0.05) is 35.0 Å². The second-order valence-corrected chi connectivity index (χ2v) is 7.45. The summed E-state index contributed by atoms with van der Waals surface area (Å²) in [5.41, 5.74) is 5.63. The number of hydrogen-bond acceptors (Lipinski definition) is 5. The first-order valence-electron chi connectivity index (χ1n) is 7.37. The van der Waals surface area contributed by atoms with Crippen molar-refractivity contribution in [3.8, 4) is 0 Å². The lowest BCUT2D eigenvalue weighted by molar-refractivity contribution is -0.118. The first-order chi connectivity index (χ1) is 11.8. The maximum atomic E-state index is 12.3. The van der Waals surface area contributed by atoms with Gasteiger partial charge in [-0.05, 0) is 25.1 Å². The number of hydrogen-bond donors (Lipinski definition) is 2. The third kappa shape index (κ3) is 5.35. The lowest BCUT2D eigenvalue weighted by Crippen LogP contribution is -2.23. The van der Waals surface area contributed by atoms with Crippen molar-refractivity contribution < 1.29 is 9.59 Å². The average Bonchev–Trinajstić information content (AvgIpc) is 2.88. The molecule has 2 rings (SSSR count). The minimum Gasteiger partial charge on any atom is -0.370 e. The number of thioether (sulfide) groups is 1. The van der Waals surface area contributed by atoms with Crippen molar-refractivity contribution in [3.05, 3.63) is 34.1 Å². The Labute approximate surface area is 159 Å². The minimum absolute atomic E-state index is 0.196. The van der Waals surface area contributed by atoms with Crippen LogP contribution in [0.25, 0.3) is 0 Å². The van der Waals surface area contributed by atoms with Crippen molar-refractivity contribution >= 4 is 52.5 Å². The molecule has 2 aromatic rings. The molecule has 0 aliphatic carbocycles. The van der Waals surface area contributed by atoms with Crippen molar-refractivity contribution in [2.75, 3.05) is 5.32 Å². The molecule has 2 amide bonds. The molecule has 1 heterocycles. The van der Waals surface area contributed by atoms with Gasteiger partial charge < -0.3 is 15.6 Å². The predicted octanol–water partition coefficient (Wildman–Crippen LogP) is 2.66. The molecule has 0 bridgehead atoms. The number of rotatable bonds is 7. The van der Waals surface area contributed by atoms with E-state index in [0.717, 1.165) is 0 Å². The van der Waals surface area contributed by atoms with Crippen LogP contribution in [0.1, 0.15) is 19.2 Å². The van der Waals surface area contributed by atoms with Crippen LogP contribution in [0.2, 0.25) is 10.0 Å². The number of benzene rings is 1. The summed E-state index contributed by atoms with van der Waals surface area (Å²) >= 11 is 13.2. The molecule has 3 N–H and O–H groups in total. The van der Waals surface area contributed by atoms with Crippen LogP contribution in [0.4, 0.5) is 5.69 Å². The van der Waals surface area contributed by atoms with Crippen LogP contribution in [0.3, 0.4) is 0 Å². The van der Waals surface area contributed by atoms with Crippen LogP contribution in [0.5, 0.6) is 0 Å². The summed E-state index contributed by atoms with van der Waals surface area (Å²) in [7, 11) is 1.78. The highest BCUT2D eigenvalue weighted by atomic mass is 35.5. The second-order valence-electron chi connectivity index (χ2n) is 5.30. The molecule has 0 aliphatic rings. The van der Waals surface area contributed by atoms with E-state index in [1.807, 2.05) is 0 Å². The molecular weight excluding hydrogens is 385 g/mol. The van der Waals surface area contributed by atoms with E-state index < -0.39 is 11.2 Å². The molecule has 0 fully saturated rings. The monoisotopic (exact) mass is 401 g/mol. The van der Waals surface area contributed by atoms with E-state index in [4.69, 9.17) is 28.9 Å². The summed E-state index contributed by atoms with van der Waals surface area (Å²) in [5, 5.41) is 11.8. The fraction of sp³-hybridized carbons (Fsp3) is 0.333. The summed E-state index contributed by atoms with van der Waals surface area (Å²) < 4.78 is 1.74. The summed E-state index contributed by atoms with van der Waals surface area (Å²) in [5.74, 6) is 0.00959. The number of carbonyl (C=O) groups is 2. The van der Waals surface area contributed by atoms with Crippen molar-refractivity contribution in [1.82, 2.24) is 14.8 Å². The van der Waals surface area contributed by atoms with Crippen LogP contribution in [0, 0.1) is 0 Å². The van der Waals surface area contributed by atoms with Crippen LogP contribution < -0.4 is 11.1 Å². The Morgan fingerprint density at radius 2 is 2.08 bits per heavy atom. The summed E-state index contributed by atoms with van der Waals surface area (Å²) in [6.07, 6.45) is 0.599. The molecule has 134 valence electrons. The number of nitrogens with zero attached hydrogens (tertiary/aromatic N) is 3. The lowest BCUT2D eigenvalue weighted by atomic mass is 10.3. The highest BCUT2D eigenvalue weighted by molar-refractivity contribution is 8.00. The van der Waals surface area contributed by atoms with E-state index in [-0.39, 0.29) is 12.3 Å². The molecule has 0 aliphatic heterocycles. The standard InChI is InChI=1S/C15H17Cl2N5O2S/c1-8(14(24)19-11-4-3-9(16)7-10(11)17)25-15-21-20-13(22(15)2)6-5-12(18)23/h3-4,7-8H,5-6H2,1-2H3,(H2,18,23)(H,19,24)/t8-/m1/s1. The molecule has 1 aromatic heterocycles. The van der Waals surface area contributed by atoms with Gasteiger partial charge in [-0.25, -0.2) is 0 Å². The number of anilines is 1. The molecule has 10 heteroatoms. The Hall–Kier alpha value is -1.77. The highest BCUT2D eigenvalue weighted by Crippen LogP contribution is 2.27. The fourth-order valence-electron chi connectivity index (χ4n) is 1.94. The van der Waals surface area contributed by atoms with Gasteiger partial charge in [0.25, 0.3) is 0 Å². The van der Waals surface area contributed by atoms with Crippen LogP contribution in [-0.2, 0) is 23.1 Å². The van der Waals surface area contributed by atoms with E-state index in [9.17, 15) is 9.59 Å². The topological polar surface area (TPSA) is 103 Å². The normalized spacial score (nSPS) is 12.0. The molecular formula is C15H17Cl2N5O2S. The second kappa shape index (κ2) is 8.55. The average molecular weight is 402 g/mol. The van der Waals surface area contributed by atoms with Gasteiger partial charge in [0.05, 0.1) is 16.0 Å². The zero-order chi connectivity index (χ0) is 18.6. The van der Waals surface area contributed by atoms with Gasteiger partial charge in [0, 0.05) is 24.9 Å². The molecule has 0 saturated carbocycles. The number of nitrogens with one attached hydrogen (secondary N) is 1. The molecule has 1 aromatic carbocycles. The smallest absolute Gasteiger partial charge is 0.237 e. The Balaban J connectivity index is 2.00. The maximum absolute atomic E-state index is 12.3. The first-order valence-corrected chi connectivity index (χ1v) is 9.00. The quantitative estimate of drug-likeness (QED) is 0.694. The Bertz CT molecular complexity index is 796. The van der Waals surface area contributed by atoms with E-state index in [2.05, 4.69) is 15.5 Å². The van der Waals surface area contributed by atoms with Crippen LogP contribution in [0.15, 0.2) is 23.4 Å². The Morgan fingerprint density at radius 3 is 2.72 bits per heavy atom. The third-order valence-corrected chi connectivity index (χ3v) is 5.04. The van der Waals surface area contributed by atoms with Crippen molar-refractivity contribution in [3.63, 3.8) is 0 Å². The third-order valence-electron chi connectivity index (χ3n) is 3.36. The largest absolute Gasteiger partial charge is 0.370 e. The summed E-state index contributed by atoms with van der Waals surface area (Å²) in [4.78, 5) is 23.2. The zero-order valence-electron chi connectivity index (χ0n) is 13.6. The molecule has 0 saturated heterocycles. The summed E-state index contributed by atoms with van der Waals surface area (Å²) in [6, 6.07) is 4.85. The number of aromatic nitrogens is 3. The van der Waals surface area contributed by atoms with Gasteiger partial charge in [-0.2, -0.15) is 0 Å². The fourth-order valence-corrected chi connectivity index (χ4v) is 3.23. The molecule has 0 spiro atoms. The first kappa shape index (κ1) is 19.6. The SMILES string of the molecule is C[C@@H](Sc1nnc(CCC(N)=O)n1C)C(=O)Nc1ccc(Cl)cc1Cl. The number of carbonyl (C=O) groups excluding carboxylic acids is 2. The minimum atomic E-state index is -0.432. The van der Waals surface area contributed by atoms with Gasteiger partial charge in [0.15, 0.2) is 5.16 Å². The van der Waals surface area contributed by atoms with Gasteiger partial charge in [0.1, 0.15) is 5.82 Å². The molecule has 0 radical (unpaired) electrons. The Morgan fingerprint density at radius 1 is 1.36 bits per heavy atom. The van der Waals surface area contributed by atoms with Crippen molar-refractivity contribution in [2.45, 2.75) is 30.2 Å². The number of primary amides is 1. The molecule has 7 nitrogen and oxygen atoms in total. The highest BCUT2D eigenvalue weighted by Gasteiger charge is 2.20. The van der Waals surface area contributed by atoms with Crippen molar-refractivity contribution in [1.29, 1.82) is 0 Å². The van der Waals surface area contributed by atoms with Gasteiger partial charge in [-0.3, -0.25) is 9.59 Å². The van der Waals surface area contributed by atoms with E-state index >= 15 is 0 Å². The summed E-state index contributed by atoms with van der Waals surface area (Å²) in [6.45, 7) is 1.75. The van der Waals surface area contributed by atoms with E-state index in [0.29, 0.717) is 33.1 Å². The number of halogens is 2. The number of aryl methyl sites for hydroxylation is 1. The number of amides is 2. The van der Waals surface area contributed by atoms with Gasteiger partial charge in [0.2, 0.25) is 11.8 Å². The predicted molar refractivity (Wildman–Crippen MR) is 98.9 cm³/mol. The maximum Gasteiger partial charge on any atom is 0.237 e. The Kier molecular flexibility index (Phi) is 6.69. The van der Waals surface area contributed by atoms with Crippen molar-refractivity contribution in [2.24, 2.45) is 12.8 Å². The van der Waals surface area contributed by atoms with E-state index in [1.165, 1.54) is 11.8 Å². The lowest BCUT2D eigenvalue weighted by Gasteiger charge is -2.12. The molecule has 1 atom stereocenters. The van der Waals surface area contributed by atoms with Gasteiger partial charge in [-0.15, -0.1) is 10.2 Å².